The summed E-state index contributed by atoms with van der Waals surface area (Å²) in [5.41, 5.74) is -0.410. The molecule has 1 atom stereocenters. The number of nitrogens with zero attached hydrogens (tertiary/aromatic N) is 1. The molecule has 1 amide bonds. The summed E-state index contributed by atoms with van der Waals surface area (Å²) in [5, 5.41) is 3.48. The molecule has 1 N–H and O–H groups in total. The fourth-order valence-electron chi connectivity index (χ4n) is 3.19. The molecule has 1 aliphatic carbocycles. The summed E-state index contributed by atoms with van der Waals surface area (Å²) in [4.78, 5) is 14.4. The first kappa shape index (κ1) is 14.8. The zero-order valence-electron chi connectivity index (χ0n) is 12.0. The van der Waals surface area contributed by atoms with Crippen LogP contribution in [0.3, 0.4) is 0 Å². The Labute approximate surface area is 115 Å². The van der Waals surface area contributed by atoms with Gasteiger partial charge in [-0.1, -0.05) is 26.7 Å². The molecule has 2 rings (SSSR count). The molecule has 19 heavy (non-hydrogen) atoms. The fraction of sp³-hybridized carbons (Fsp3) is 0.923. The van der Waals surface area contributed by atoms with Crippen molar-refractivity contribution in [1.82, 2.24) is 10.2 Å². The van der Waals surface area contributed by atoms with E-state index in [9.17, 15) is 13.2 Å². The summed E-state index contributed by atoms with van der Waals surface area (Å²) in [6.45, 7) is 4.42. The lowest BCUT2D eigenvalue weighted by atomic mass is 9.98. The Balaban J connectivity index is 2.16. The monoisotopic (exact) mass is 288 g/mol. The van der Waals surface area contributed by atoms with Gasteiger partial charge in [0.15, 0.2) is 0 Å². The predicted molar refractivity (Wildman–Crippen MR) is 74.4 cm³/mol. The molecule has 1 aliphatic heterocycles. The molecule has 6 heteroatoms. The number of carbonyl (C=O) groups is 1. The molecule has 0 aromatic heterocycles. The number of carbonyl (C=O) groups excluding carboxylic acids is 1. The van der Waals surface area contributed by atoms with Crippen LogP contribution in [-0.4, -0.2) is 49.5 Å². The van der Waals surface area contributed by atoms with Crippen LogP contribution >= 0.6 is 0 Å². The van der Waals surface area contributed by atoms with Crippen LogP contribution in [0.25, 0.3) is 0 Å². The smallest absolute Gasteiger partial charge is 0.244 e. The lowest BCUT2D eigenvalue weighted by molar-refractivity contribution is -0.133. The number of amides is 1. The molecule has 0 bridgehead atoms. The molecule has 110 valence electrons. The van der Waals surface area contributed by atoms with E-state index in [2.05, 4.69) is 19.2 Å². The molecule has 0 aromatic carbocycles. The normalized spacial score (nSPS) is 26.8. The highest BCUT2D eigenvalue weighted by atomic mass is 32.2. The highest BCUT2D eigenvalue weighted by Crippen LogP contribution is 2.37. The van der Waals surface area contributed by atoms with Gasteiger partial charge in [0.05, 0.1) is 17.5 Å². The van der Waals surface area contributed by atoms with Gasteiger partial charge in [-0.25, -0.2) is 8.42 Å². The van der Waals surface area contributed by atoms with Gasteiger partial charge in [0.1, 0.15) is 9.84 Å². The minimum Gasteiger partial charge on any atom is -0.324 e. The second-order valence-electron chi connectivity index (χ2n) is 6.25. The second-order valence-corrected chi connectivity index (χ2v) is 8.51. The maximum Gasteiger partial charge on any atom is 0.244 e. The largest absolute Gasteiger partial charge is 0.324 e. The maximum absolute atomic E-state index is 12.6. The molecule has 2 fully saturated rings. The van der Waals surface area contributed by atoms with Crippen molar-refractivity contribution in [2.45, 2.75) is 51.2 Å². The molecule has 1 saturated carbocycles. The maximum atomic E-state index is 12.6. The summed E-state index contributed by atoms with van der Waals surface area (Å²) in [5.74, 6) is 0.426. The van der Waals surface area contributed by atoms with E-state index < -0.39 is 15.4 Å². The van der Waals surface area contributed by atoms with Crippen LogP contribution in [0, 0.1) is 5.92 Å². The zero-order chi connectivity index (χ0) is 14.3. The summed E-state index contributed by atoms with van der Waals surface area (Å²) in [6.07, 6.45) is 5.09. The Kier molecular flexibility index (Phi) is 3.93. The van der Waals surface area contributed by atoms with E-state index >= 15 is 0 Å². The molecule has 1 unspecified atom stereocenters. The van der Waals surface area contributed by atoms with Gasteiger partial charge in [-0.2, -0.15) is 0 Å². The van der Waals surface area contributed by atoms with Crippen molar-refractivity contribution in [3.8, 4) is 0 Å². The van der Waals surface area contributed by atoms with E-state index in [0.29, 0.717) is 6.54 Å². The second kappa shape index (κ2) is 5.05. The van der Waals surface area contributed by atoms with Crippen molar-refractivity contribution < 1.29 is 13.2 Å². The van der Waals surface area contributed by atoms with E-state index in [1.165, 1.54) is 6.26 Å². The van der Waals surface area contributed by atoms with Crippen molar-refractivity contribution >= 4 is 15.7 Å². The average Bonchev–Trinajstić information content (AvgIpc) is 2.84. The van der Waals surface area contributed by atoms with Crippen LogP contribution in [0.2, 0.25) is 0 Å². The van der Waals surface area contributed by atoms with Crippen LogP contribution in [0.4, 0.5) is 0 Å². The van der Waals surface area contributed by atoms with Gasteiger partial charge in [-0.3, -0.25) is 10.1 Å². The zero-order valence-corrected chi connectivity index (χ0v) is 12.8. The summed E-state index contributed by atoms with van der Waals surface area (Å²) < 4.78 is 22.7. The van der Waals surface area contributed by atoms with Crippen LogP contribution in [0.1, 0.15) is 39.5 Å². The molecule has 0 aromatic rings. The minimum atomic E-state index is -3.04. The van der Waals surface area contributed by atoms with E-state index in [4.69, 9.17) is 0 Å². The van der Waals surface area contributed by atoms with Crippen LogP contribution in [0.15, 0.2) is 0 Å². The first-order valence-corrected chi connectivity index (χ1v) is 9.08. The van der Waals surface area contributed by atoms with Crippen molar-refractivity contribution in [2.75, 3.05) is 18.6 Å². The Morgan fingerprint density at radius 1 is 1.37 bits per heavy atom. The quantitative estimate of drug-likeness (QED) is 0.829. The summed E-state index contributed by atoms with van der Waals surface area (Å²) in [7, 11) is -3.04. The van der Waals surface area contributed by atoms with Gasteiger partial charge in [0, 0.05) is 12.8 Å². The number of hydrogen-bond acceptors (Lipinski definition) is 4. The highest BCUT2D eigenvalue weighted by Gasteiger charge is 2.52. The molecule has 1 saturated heterocycles. The average molecular weight is 288 g/mol. The molecule has 1 spiro atoms. The number of hydrogen-bond donors (Lipinski definition) is 1. The van der Waals surface area contributed by atoms with Gasteiger partial charge in [0.25, 0.3) is 0 Å². The topological polar surface area (TPSA) is 66.5 Å². The minimum absolute atomic E-state index is 0.0349. The molecule has 5 nitrogen and oxygen atoms in total. The van der Waals surface area contributed by atoms with Crippen molar-refractivity contribution in [1.29, 1.82) is 0 Å². The third-order valence-corrected chi connectivity index (χ3v) is 5.15. The molecule has 1 heterocycles. The summed E-state index contributed by atoms with van der Waals surface area (Å²) in [6, 6.07) is 0. The van der Waals surface area contributed by atoms with Crippen molar-refractivity contribution in [3.05, 3.63) is 0 Å². The molecular weight excluding hydrogens is 264 g/mol. The fourth-order valence-corrected chi connectivity index (χ4v) is 3.72. The predicted octanol–water partition coefficient (Wildman–Crippen LogP) is 0.758. The Hall–Kier alpha value is -0.620. The first-order valence-electron chi connectivity index (χ1n) is 7.02. The third kappa shape index (κ3) is 2.94. The number of rotatable bonds is 4. The standard InChI is InChI=1S/C13H24N2O3S/c1-10(2)11-14-13(6-4-5-7-13)12(16)15(11)8-9-19(3,17)18/h10-11,14H,4-9H2,1-3H3. The number of sulfone groups is 1. The van der Waals surface area contributed by atoms with Gasteiger partial charge >= 0.3 is 0 Å². The molecule has 0 radical (unpaired) electrons. The SMILES string of the molecule is CC(C)C1NC2(CCCC2)C(=O)N1CCS(C)(=O)=O. The van der Waals surface area contributed by atoms with E-state index in [0.717, 1.165) is 25.7 Å². The van der Waals surface area contributed by atoms with Gasteiger partial charge in [0.2, 0.25) is 5.91 Å². The van der Waals surface area contributed by atoms with Crippen molar-refractivity contribution in [2.24, 2.45) is 5.92 Å². The Morgan fingerprint density at radius 2 is 1.95 bits per heavy atom. The number of nitrogens with one attached hydrogen (secondary N) is 1. The molecular formula is C13H24N2O3S. The van der Waals surface area contributed by atoms with E-state index in [1.807, 2.05) is 0 Å². The molecule has 2 aliphatic rings. The third-order valence-electron chi connectivity index (χ3n) is 4.22. The van der Waals surface area contributed by atoms with E-state index in [-0.39, 0.29) is 23.7 Å². The van der Waals surface area contributed by atoms with E-state index in [1.54, 1.807) is 4.90 Å². The van der Waals surface area contributed by atoms with Crippen LogP contribution in [0.5, 0.6) is 0 Å². The van der Waals surface area contributed by atoms with Crippen LogP contribution in [-0.2, 0) is 14.6 Å². The van der Waals surface area contributed by atoms with Gasteiger partial charge < -0.3 is 4.90 Å². The van der Waals surface area contributed by atoms with Gasteiger partial charge in [-0.05, 0) is 18.8 Å². The summed E-state index contributed by atoms with van der Waals surface area (Å²) >= 11 is 0. The van der Waals surface area contributed by atoms with Crippen molar-refractivity contribution in [3.63, 3.8) is 0 Å². The van der Waals surface area contributed by atoms with Crippen LogP contribution < -0.4 is 5.32 Å². The Morgan fingerprint density at radius 3 is 2.42 bits per heavy atom. The van der Waals surface area contributed by atoms with Gasteiger partial charge in [-0.15, -0.1) is 0 Å². The highest BCUT2D eigenvalue weighted by molar-refractivity contribution is 7.90. The first-order chi connectivity index (χ1) is 8.75. The lowest BCUT2D eigenvalue weighted by Crippen LogP contribution is -2.45. The lowest BCUT2D eigenvalue weighted by Gasteiger charge is -2.26. The Bertz CT molecular complexity index is 453.